The Bertz CT molecular complexity index is 811. The third-order valence-electron chi connectivity index (χ3n) is 4.69. The number of rotatable bonds is 8. The van der Waals surface area contributed by atoms with Gasteiger partial charge in [-0.3, -0.25) is 9.59 Å². The van der Waals surface area contributed by atoms with Crippen molar-refractivity contribution in [2.45, 2.75) is 32.3 Å². The van der Waals surface area contributed by atoms with Gasteiger partial charge in [0, 0.05) is 26.4 Å². The van der Waals surface area contributed by atoms with Crippen LogP contribution < -0.4 is 5.32 Å². The van der Waals surface area contributed by atoms with Crippen LogP contribution in [0.3, 0.4) is 0 Å². The average molecular weight is 382 g/mol. The minimum absolute atomic E-state index is 0.0590. The van der Waals surface area contributed by atoms with Gasteiger partial charge in [-0.1, -0.05) is 30.3 Å². The van der Waals surface area contributed by atoms with Crippen molar-refractivity contribution in [2.24, 2.45) is 0 Å². The van der Waals surface area contributed by atoms with Crippen LogP contribution in [0.2, 0.25) is 0 Å². The van der Waals surface area contributed by atoms with E-state index in [4.69, 9.17) is 4.74 Å². The van der Waals surface area contributed by atoms with Crippen LogP contribution >= 0.6 is 0 Å². The van der Waals surface area contributed by atoms with Crippen LogP contribution in [0.25, 0.3) is 0 Å². The number of ether oxygens (including phenoxy) is 1. The van der Waals surface area contributed by atoms with E-state index in [0.29, 0.717) is 37.5 Å². The molecule has 3 rings (SSSR count). The number of methoxy groups -OCH3 is 1. The standard InChI is InChI=1S/C21H26N4O3/c1-28-15-19-23-13-17-18(24-19)10-6-12-25(21(17)27)14-20(26)22-11-5-9-16-7-3-2-4-8-16/h2-4,7-8,13H,5-6,9-12,14-15H2,1H3,(H,22,26). The largest absolute Gasteiger partial charge is 0.377 e. The third kappa shape index (κ3) is 5.36. The fourth-order valence-corrected chi connectivity index (χ4v) is 3.28. The zero-order valence-electron chi connectivity index (χ0n) is 16.2. The molecule has 28 heavy (non-hydrogen) atoms. The van der Waals surface area contributed by atoms with Gasteiger partial charge in [-0.05, 0) is 31.2 Å². The molecule has 0 bridgehead atoms. The molecule has 1 N–H and O–H groups in total. The Balaban J connectivity index is 1.50. The van der Waals surface area contributed by atoms with E-state index in [1.165, 1.54) is 5.56 Å². The van der Waals surface area contributed by atoms with Gasteiger partial charge in [-0.25, -0.2) is 9.97 Å². The lowest BCUT2D eigenvalue weighted by atomic mass is 10.1. The molecule has 2 heterocycles. The fraction of sp³-hybridized carbons (Fsp3) is 0.429. The molecule has 1 aliphatic rings. The van der Waals surface area contributed by atoms with Gasteiger partial charge in [0.05, 0.1) is 17.8 Å². The summed E-state index contributed by atoms with van der Waals surface area (Å²) in [7, 11) is 1.58. The Morgan fingerprint density at radius 3 is 2.89 bits per heavy atom. The maximum Gasteiger partial charge on any atom is 0.257 e. The van der Waals surface area contributed by atoms with E-state index < -0.39 is 0 Å². The lowest BCUT2D eigenvalue weighted by molar-refractivity contribution is -0.121. The lowest BCUT2D eigenvalue weighted by Crippen LogP contribution is -2.41. The first-order chi connectivity index (χ1) is 13.7. The van der Waals surface area contributed by atoms with Crippen LogP contribution in [0.1, 0.15) is 40.3 Å². The highest BCUT2D eigenvalue weighted by molar-refractivity contribution is 5.97. The van der Waals surface area contributed by atoms with Crippen molar-refractivity contribution >= 4 is 11.8 Å². The maximum absolute atomic E-state index is 12.8. The first-order valence-electron chi connectivity index (χ1n) is 9.61. The number of benzene rings is 1. The van der Waals surface area contributed by atoms with Crippen molar-refractivity contribution in [3.63, 3.8) is 0 Å². The first kappa shape index (κ1) is 19.9. The van der Waals surface area contributed by atoms with Crippen molar-refractivity contribution < 1.29 is 14.3 Å². The number of aryl methyl sites for hydroxylation is 2. The van der Waals surface area contributed by atoms with Crippen LogP contribution in [0.15, 0.2) is 36.5 Å². The lowest BCUT2D eigenvalue weighted by Gasteiger charge is -2.20. The zero-order chi connectivity index (χ0) is 19.8. The average Bonchev–Trinajstić information content (AvgIpc) is 2.85. The molecule has 1 aliphatic heterocycles. The number of hydrogen-bond acceptors (Lipinski definition) is 5. The monoisotopic (exact) mass is 382 g/mol. The number of amides is 2. The molecule has 148 valence electrons. The van der Waals surface area contributed by atoms with Gasteiger partial charge < -0.3 is 15.0 Å². The molecule has 0 radical (unpaired) electrons. The number of fused-ring (bicyclic) bond motifs is 1. The molecule has 7 heteroatoms. The molecule has 0 saturated carbocycles. The zero-order valence-corrected chi connectivity index (χ0v) is 16.2. The van der Waals surface area contributed by atoms with Crippen molar-refractivity contribution in [3.05, 3.63) is 59.2 Å². The summed E-state index contributed by atoms with van der Waals surface area (Å²) < 4.78 is 5.05. The highest BCUT2D eigenvalue weighted by Gasteiger charge is 2.25. The molecule has 0 aliphatic carbocycles. The minimum Gasteiger partial charge on any atom is -0.377 e. The van der Waals surface area contributed by atoms with Crippen LogP contribution in [0.4, 0.5) is 0 Å². The van der Waals surface area contributed by atoms with Crippen molar-refractivity contribution in [2.75, 3.05) is 26.7 Å². The second-order valence-electron chi connectivity index (χ2n) is 6.85. The molecule has 2 aromatic rings. The van der Waals surface area contributed by atoms with Crippen LogP contribution in [-0.2, 0) is 29.0 Å². The normalized spacial score (nSPS) is 13.8. The van der Waals surface area contributed by atoms with Gasteiger partial charge in [0.25, 0.3) is 5.91 Å². The summed E-state index contributed by atoms with van der Waals surface area (Å²) in [6, 6.07) is 10.2. The summed E-state index contributed by atoms with van der Waals surface area (Å²) in [4.78, 5) is 35.3. The highest BCUT2D eigenvalue weighted by atomic mass is 16.5. The molecule has 0 fully saturated rings. The van der Waals surface area contributed by atoms with Crippen LogP contribution in [0.5, 0.6) is 0 Å². The molecule has 1 aromatic carbocycles. The molecule has 7 nitrogen and oxygen atoms in total. The van der Waals surface area contributed by atoms with Crippen molar-refractivity contribution in [3.8, 4) is 0 Å². The van der Waals surface area contributed by atoms with E-state index in [-0.39, 0.29) is 18.4 Å². The number of nitrogens with zero attached hydrogens (tertiary/aromatic N) is 3. The van der Waals surface area contributed by atoms with Crippen LogP contribution in [-0.4, -0.2) is 53.4 Å². The summed E-state index contributed by atoms with van der Waals surface area (Å²) in [5.74, 6) is 0.247. The van der Waals surface area contributed by atoms with E-state index >= 15 is 0 Å². The van der Waals surface area contributed by atoms with E-state index in [1.54, 1.807) is 18.2 Å². The Kier molecular flexibility index (Phi) is 7.08. The topological polar surface area (TPSA) is 84.4 Å². The van der Waals surface area contributed by atoms with Crippen molar-refractivity contribution in [1.82, 2.24) is 20.2 Å². The molecular weight excluding hydrogens is 356 g/mol. The summed E-state index contributed by atoms with van der Waals surface area (Å²) in [5.41, 5.74) is 2.47. The predicted octanol–water partition coefficient (Wildman–Crippen LogP) is 1.76. The number of hydrogen-bond donors (Lipinski definition) is 1. The van der Waals surface area contributed by atoms with Gasteiger partial charge in [0.1, 0.15) is 6.61 Å². The predicted molar refractivity (Wildman–Crippen MR) is 105 cm³/mol. The summed E-state index contributed by atoms with van der Waals surface area (Å²) >= 11 is 0. The molecule has 0 unspecified atom stereocenters. The minimum atomic E-state index is -0.184. The molecule has 0 atom stereocenters. The summed E-state index contributed by atoms with van der Waals surface area (Å²) in [6.45, 7) is 1.50. The van der Waals surface area contributed by atoms with Gasteiger partial charge in [-0.2, -0.15) is 0 Å². The highest BCUT2D eigenvalue weighted by Crippen LogP contribution is 2.16. The van der Waals surface area contributed by atoms with E-state index in [0.717, 1.165) is 25.0 Å². The van der Waals surface area contributed by atoms with Gasteiger partial charge in [0.15, 0.2) is 5.82 Å². The maximum atomic E-state index is 12.8. The fourth-order valence-electron chi connectivity index (χ4n) is 3.28. The second kappa shape index (κ2) is 9.94. The second-order valence-corrected chi connectivity index (χ2v) is 6.85. The molecule has 1 aromatic heterocycles. The number of carbonyl (C=O) groups is 2. The Labute approximate surface area is 165 Å². The van der Waals surface area contributed by atoms with Crippen LogP contribution in [0, 0.1) is 0 Å². The Morgan fingerprint density at radius 1 is 1.29 bits per heavy atom. The SMILES string of the molecule is COCc1ncc2c(n1)CCCN(CC(=O)NCCCc1ccccc1)C2=O. The van der Waals surface area contributed by atoms with Gasteiger partial charge in [-0.15, -0.1) is 0 Å². The summed E-state index contributed by atoms with van der Waals surface area (Å²) in [5, 5.41) is 2.91. The third-order valence-corrected chi connectivity index (χ3v) is 4.69. The van der Waals surface area contributed by atoms with E-state index in [9.17, 15) is 9.59 Å². The van der Waals surface area contributed by atoms with E-state index in [1.807, 2.05) is 18.2 Å². The summed E-state index contributed by atoms with van der Waals surface area (Å²) in [6.07, 6.45) is 4.79. The quantitative estimate of drug-likeness (QED) is 0.704. The van der Waals surface area contributed by atoms with Gasteiger partial charge in [0.2, 0.25) is 5.91 Å². The Hall–Kier alpha value is -2.80. The molecule has 0 saturated heterocycles. The van der Waals surface area contributed by atoms with Crippen molar-refractivity contribution in [1.29, 1.82) is 0 Å². The number of aromatic nitrogens is 2. The first-order valence-corrected chi connectivity index (χ1v) is 9.61. The molecule has 2 amide bonds. The van der Waals surface area contributed by atoms with E-state index in [2.05, 4.69) is 27.4 Å². The molecular formula is C21H26N4O3. The molecule has 0 spiro atoms. The smallest absolute Gasteiger partial charge is 0.257 e. The Morgan fingerprint density at radius 2 is 2.11 bits per heavy atom. The number of carbonyl (C=O) groups excluding carboxylic acids is 2. The van der Waals surface area contributed by atoms with Gasteiger partial charge >= 0.3 is 0 Å². The number of nitrogens with one attached hydrogen (secondary N) is 1.